The smallest absolute Gasteiger partial charge is 0.225 e. The molecule has 5 heteroatoms. The minimum absolute atomic E-state index is 0.0493. The van der Waals surface area contributed by atoms with E-state index in [1.807, 2.05) is 86.1 Å². The summed E-state index contributed by atoms with van der Waals surface area (Å²) in [5, 5.41) is 8.69. The molecule has 5 nitrogen and oxygen atoms in total. The number of nitrogens with zero attached hydrogens (tertiary/aromatic N) is 2. The lowest BCUT2D eigenvalue weighted by Gasteiger charge is -2.11. The van der Waals surface area contributed by atoms with Crippen LogP contribution in [0.25, 0.3) is 16.7 Å². The minimum atomic E-state index is -0.204. The van der Waals surface area contributed by atoms with Crippen molar-refractivity contribution in [1.82, 2.24) is 15.1 Å². The summed E-state index contributed by atoms with van der Waals surface area (Å²) >= 11 is 0. The van der Waals surface area contributed by atoms with Crippen molar-refractivity contribution >= 4 is 16.9 Å². The van der Waals surface area contributed by atoms with Crippen LogP contribution in [-0.4, -0.2) is 15.7 Å². The van der Waals surface area contributed by atoms with E-state index in [1.165, 1.54) is 0 Å². The largest absolute Gasteiger partial charge is 0.459 e. The quantitative estimate of drug-likeness (QED) is 0.554. The summed E-state index contributed by atoms with van der Waals surface area (Å²) in [6.07, 6.45) is 0.287. The maximum atomic E-state index is 12.7. The number of hydrogen-bond donors (Lipinski definition) is 1. The summed E-state index contributed by atoms with van der Waals surface area (Å²) in [7, 11) is 0. The molecule has 28 heavy (non-hydrogen) atoms. The first-order valence-electron chi connectivity index (χ1n) is 9.41. The maximum Gasteiger partial charge on any atom is 0.225 e. The predicted octanol–water partition coefficient (Wildman–Crippen LogP) is 4.66. The van der Waals surface area contributed by atoms with E-state index in [2.05, 4.69) is 10.4 Å². The van der Waals surface area contributed by atoms with Crippen molar-refractivity contribution < 1.29 is 9.21 Å². The molecule has 2 aromatic heterocycles. The Morgan fingerprint density at radius 1 is 1.11 bits per heavy atom. The van der Waals surface area contributed by atoms with Crippen molar-refractivity contribution in [3.8, 4) is 5.69 Å². The lowest BCUT2D eigenvalue weighted by molar-refractivity contribution is -0.121. The van der Waals surface area contributed by atoms with Gasteiger partial charge >= 0.3 is 0 Å². The van der Waals surface area contributed by atoms with E-state index in [4.69, 9.17) is 4.42 Å². The van der Waals surface area contributed by atoms with Gasteiger partial charge < -0.3 is 9.73 Å². The van der Waals surface area contributed by atoms with Crippen molar-refractivity contribution in [1.29, 1.82) is 0 Å². The molecule has 0 aliphatic heterocycles. The number of carbonyl (C=O) groups is 1. The van der Waals surface area contributed by atoms with Gasteiger partial charge in [0, 0.05) is 16.6 Å². The van der Waals surface area contributed by atoms with Gasteiger partial charge in [-0.25, -0.2) is 4.68 Å². The van der Waals surface area contributed by atoms with Crippen molar-refractivity contribution in [2.75, 3.05) is 0 Å². The molecule has 0 aliphatic rings. The second-order valence-electron chi connectivity index (χ2n) is 7.05. The summed E-state index contributed by atoms with van der Waals surface area (Å²) in [5.74, 6) is 0.703. The molecule has 0 fully saturated rings. The third-order valence-corrected chi connectivity index (χ3v) is 5.03. The summed E-state index contributed by atoms with van der Waals surface area (Å²) in [5.41, 5.74) is 4.63. The van der Waals surface area contributed by atoms with Crippen LogP contribution in [0.5, 0.6) is 0 Å². The van der Waals surface area contributed by atoms with Crippen LogP contribution in [0.1, 0.15) is 35.7 Å². The maximum absolute atomic E-state index is 12.7. The Labute approximate surface area is 164 Å². The van der Waals surface area contributed by atoms with Gasteiger partial charge in [-0.05, 0) is 45.0 Å². The third-order valence-electron chi connectivity index (χ3n) is 5.03. The second kappa shape index (κ2) is 7.35. The van der Waals surface area contributed by atoms with Crippen molar-refractivity contribution in [2.24, 2.45) is 0 Å². The Kier molecular flexibility index (Phi) is 4.74. The number of benzene rings is 2. The highest BCUT2D eigenvalue weighted by Crippen LogP contribution is 2.24. The first-order chi connectivity index (χ1) is 13.5. The number of aryl methyl sites for hydroxylation is 1. The van der Waals surface area contributed by atoms with Crippen LogP contribution in [0.2, 0.25) is 0 Å². The van der Waals surface area contributed by atoms with Gasteiger partial charge in [0.2, 0.25) is 5.91 Å². The molecule has 4 aromatic rings. The molecule has 0 unspecified atom stereocenters. The zero-order valence-corrected chi connectivity index (χ0v) is 16.3. The summed E-state index contributed by atoms with van der Waals surface area (Å²) < 4.78 is 7.75. The van der Waals surface area contributed by atoms with Gasteiger partial charge in [0.15, 0.2) is 0 Å². The Morgan fingerprint density at radius 2 is 1.82 bits per heavy atom. The Bertz CT molecular complexity index is 1090. The summed E-state index contributed by atoms with van der Waals surface area (Å²) in [6.45, 7) is 5.87. The Hall–Kier alpha value is -3.34. The zero-order valence-electron chi connectivity index (χ0n) is 16.3. The molecule has 2 aromatic carbocycles. The molecule has 0 spiro atoms. The van der Waals surface area contributed by atoms with Crippen LogP contribution in [0.15, 0.2) is 65.1 Å². The van der Waals surface area contributed by atoms with Gasteiger partial charge in [0.25, 0.3) is 0 Å². The summed E-state index contributed by atoms with van der Waals surface area (Å²) in [6, 6.07) is 19.6. The predicted molar refractivity (Wildman–Crippen MR) is 110 cm³/mol. The number of nitrogens with one attached hydrogen (secondary N) is 1. The van der Waals surface area contributed by atoms with Gasteiger partial charge in [0.1, 0.15) is 11.3 Å². The molecule has 142 valence electrons. The topological polar surface area (TPSA) is 60.1 Å². The fourth-order valence-electron chi connectivity index (χ4n) is 3.49. The molecule has 0 saturated carbocycles. The minimum Gasteiger partial charge on any atom is -0.459 e. The van der Waals surface area contributed by atoms with Crippen LogP contribution in [0, 0.1) is 13.8 Å². The number of amides is 1. The molecule has 1 N–H and O–H groups in total. The van der Waals surface area contributed by atoms with Gasteiger partial charge in [-0.2, -0.15) is 5.10 Å². The standard InChI is InChI=1S/C23H23N3O2/c1-15-20(17(3)26(25-15)19-10-5-4-6-11-19)14-23(27)24-16(2)22-13-18-9-7-8-12-21(18)28-22/h4-13,16H,14H2,1-3H3,(H,24,27)/t16-/m0/s1. The molecule has 0 aliphatic carbocycles. The molecule has 2 heterocycles. The van der Waals surface area contributed by atoms with Crippen molar-refractivity contribution in [3.63, 3.8) is 0 Å². The Morgan fingerprint density at radius 3 is 2.57 bits per heavy atom. The zero-order chi connectivity index (χ0) is 19.7. The lowest BCUT2D eigenvalue weighted by atomic mass is 10.1. The third kappa shape index (κ3) is 3.43. The van der Waals surface area contributed by atoms with Crippen LogP contribution in [0.3, 0.4) is 0 Å². The van der Waals surface area contributed by atoms with Gasteiger partial charge in [0.05, 0.1) is 23.8 Å². The number of furan rings is 1. The number of carbonyl (C=O) groups excluding carboxylic acids is 1. The van der Waals surface area contributed by atoms with Gasteiger partial charge in [-0.3, -0.25) is 4.79 Å². The van der Waals surface area contributed by atoms with E-state index in [9.17, 15) is 4.79 Å². The van der Waals surface area contributed by atoms with Gasteiger partial charge in [-0.1, -0.05) is 36.4 Å². The molecule has 1 atom stereocenters. The van der Waals surface area contributed by atoms with Crippen LogP contribution >= 0.6 is 0 Å². The van der Waals surface area contributed by atoms with Crippen molar-refractivity contribution in [2.45, 2.75) is 33.2 Å². The van der Waals surface area contributed by atoms with Crippen LogP contribution in [-0.2, 0) is 11.2 Å². The lowest BCUT2D eigenvalue weighted by Crippen LogP contribution is -2.28. The number of rotatable bonds is 5. The average Bonchev–Trinajstić information content (AvgIpc) is 3.25. The highest BCUT2D eigenvalue weighted by Gasteiger charge is 2.19. The Balaban J connectivity index is 1.50. The average molecular weight is 373 g/mol. The van der Waals surface area contributed by atoms with E-state index in [0.29, 0.717) is 0 Å². The van der Waals surface area contributed by atoms with E-state index in [0.717, 1.165) is 39.4 Å². The number of para-hydroxylation sites is 2. The second-order valence-corrected chi connectivity index (χ2v) is 7.05. The van der Waals surface area contributed by atoms with E-state index in [-0.39, 0.29) is 18.4 Å². The van der Waals surface area contributed by atoms with Crippen LogP contribution in [0.4, 0.5) is 0 Å². The monoisotopic (exact) mass is 373 g/mol. The normalized spacial score (nSPS) is 12.2. The molecule has 0 bridgehead atoms. The summed E-state index contributed by atoms with van der Waals surface area (Å²) in [4.78, 5) is 12.7. The molecule has 1 amide bonds. The van der Waals surface area contributed by atoms with Gasteiger partial charge in [-0.15, -0.1) is 0 Å². The first kappa shape index (κ1) is 18.0. The molecule has 0 radical (unpaired) electrons. The number of aromatic nitrogens is 2. The molecular formula is C23H23N3O2. The van der Waals surface area contributed by atoms with E-state index >= 15 is 0 Å². The first-order valence-corrected chi connectivity index (χ1v) is 9.41. The number of fused-ring (bicyclic) bond motifs is 1. The molecule has 0 saturated heterocycles. The number of hydrogen-bond acceptors (Lipinski definition) is 3. The highest BCUT2D eigenvalue weighted by molar-refractivity contribution is 5.80. The molecular weight excluding hydrogens is 350 g/mol. The van der Waals surface area contributed by atoms with E-state index in [1.54, 1.807) is 0 Å². The van der Waals surface area contributed by atoms with Crippen LogP contribution < -0.4 is 5.32 Å². The van der Waals surface area contributed by atoms with Crippen molar-refractivity contribution in [3.05, 3.63) is 83.4 Å². The SMILES string of the molecule is Cc1nn(-c2ccccc2)c(C)c1CC(=O)N[C@@H](C)c1cc2ccccc2o1. The fourth-order valence-corrected chi connectivity index (χ4v) is 3.49. The fraction of sp³-hybridized carbons (Fsp3) is 0.217. The molecule has 4 rings (SSSR count). The van der Waals surface area contributed by atoms with E-state index < -0.39 is 0 Å². The highest BCUT2D eigenvalue weighted by atomic mass is 16.3.